The van der Waals surface area contributed by atoms with Crippen molar-refractivity contribution in [3.63, 3.8) is 0 Å². The van der Waals surface area contributed by atoms with Crippen LogP contribution < -0.4 is 14.2 Å². The summed E-state index contributed by atoms with van der Waals surface area (Å²) in [6, 6.07) is 9.51. The Balaban J connectivity index is 1.80. The highest BCUT2D eigenvalue weighted by Crippen LogP contribution is 2.32. The molecular weight excluding hydrogens is 321 g/mol. The van der Waals surface area contributed by atoms with E-state index in [0.717, 1.165) is 17.7 Å². The Morgan fingerprint density at radius 1 is 1.04 bits per heavy atom. The van der Waals surface area contributed by atoms with Crippen LogP contribution in [0.15, 0.2) is 47.4 Å². The van der Waals surface area contributed by atoms with Crippen molar-refractivity contribution in [2.75, 3.05) is 13.2 Å². The van der Waals surface area contributed by atoms with Crippen LogP contribution in [0.3, 0.4) is 0 Å². The molecule has 0 radical (unpaired) electrons. The van der Waals surface area contributed by atoms with Gasteiger partial charge in [-0.15, -0.1) is 0 Å². The Morgan fingerprint density at radius 3 is 2.39 bits per heavy atom. The average Bonchev–Trinajstić information content (AvgIpc) is 2.54. The lowest BCUT2D eigenvalue weighted by Crippen LogP contribution is -2.27. The molecule has 122 valence electrons. The van der Waals surface area contributed by atoms with Crippen LogP contribution >= 0.6 is 0 Å². The molecule has 1 atom stereocenters. The predicted molar refractivity (Wildman–Crippen MR) is 82.6 cm³/mol. The monoisotopic (exact) mass is 337 g/mol. The van der Waals surface area contributed by atoms with Gasteiger partial charge in [-0.25, -0.2) is 17.5 Å². The summed E-state index contributed by atoms with van der Waals surface area (Å²) in [7, 11) is -3.73. The van der Waals surface area contributed by atoms with Gasteiger partial charge in [0.2, 0.25) is 10.0 Å². The SMILES string of the molecule is CC(NS(=O)(=O)c1ccc(F)cc1)c1ccc2c(c1)OCCO2. The predicted octanol–water partition coefficient (Wildman–Crippen LogP) is 2.64. The molecule has 0 aromatic heterocycles. The number of halogens is 1. The first-order valence-electron chi connectivity index (χ1n) is 7.13. The molecule has 2 aromatic carbocycles. The smallest absolute Gasteiger partial charge is 0.241 e. The van der Waals surface area contributed by atoms with Gasteiger partial charge in [0.05, 0.1) is 4.90 Å². The molecule has 2 aromatic rings. The van der Waals surface area contributed by atoms with Gasteiger partial charge >= 0.3 is 0 Å². The maximum Gasteiger partial charge on any atom is 0.241 e. The second-order valence-electron chi connectivity index (χ2n) is 5.20. The number of hydrogen-bond acceptors (Lipinski definition) is 4. The van der Waals surface area contributed by atoms with Gasteiger partial charge in [0.25, 0.3) is 0 Å². The molecule has 0 spiro atoms. The molecular formula is C16H16FNO4S. The van der Waals surface area contributed by atoms with E-state index in [1.807, 2.05) is 0 Å². The number of rotatable bonds is 4. The Kier molecular flexibility index (Phi) is 4.23. The Bertz CT molecular complexity index is 805. The highest BCUT2D eigenvalue weighted by atomic mass is 32.2. The summed E-state index contributed by atoms with van der Waals surface area (Å²) in [5.41, 5.74) is 0.750. The average molecular weight is 337 g/mol. The lowest BCUT2D eigenvalue weighted by molar-refractivity contribution is 0.171. The van der Waals surface area contributed by atoms with Crippen LogP contribution in [0.1, 0.15) is 18.5 Å². The minimum Gasteiger partial charge on any atom is -0.486 e. The first kappa shape index (κ1) is 15.8. The van der Waals surface area contributed by atoms with Crippen molar-refractivity contribution >= 4 is 10.0 Å². The van der Waals surface area contributed by atoms with Gasteiger partial charge in [-0.2, -0.15) is 0 Å². The van der Waals surface area contributed by atoms with E-state index < -0.39 is 21.9 Å². The van der Waals surface area contributed by atoms with E-state index in [4.69, 9.17) is 9.47 Å². The Morgan fingerprint density at radius 2 is 1.70 bits per heavy atom. The third-order valence-corrected chi connectivity index (χ3v) is 5.08. The van der Waals surface area contributed by atoms with Gasteiger partial charge in [0, 0.05) is 6.04 Å². The fraction of sp³-hybridized carbons (Fsp3) is 0.250. The molecule has 1 aliphatic heterocycles. The van der Waals surface area contributed by atoms with Crippen molar-refractivity contribution < 1.29 is 22.3 Å². The topological polar surface area (TPSA) is 64.6 Å². The number of fused-ring (bicyclic) bond motifs is 1. The van der Waals surface area contributed by atoms with Crippen LogP contribution in [0, 0.1) is 5.82 Å². The quantitative estimate of drug-likeness (QED) is 0.931. The van der Waals surface area contributed by atoms with Crippen molar-refractivity contribution in [1.29, 1.82) is 0 Å². The van der Waals surface area contributed by atoms with Gasteiger partial charge in [0.1, 0.15) is 19.0 Å². The fourth-order valence-electron chi connectivity index (χ4n) is 2.31. The Hall–Kier alpha value is -2.12. The summed E-state index contributed by atoms with van der Waals surface area (Å²) in [6.45, 7) is 2.69. The molecule has 0 aliphatic carbocycles. The van der Waals surface area contributed by atoms with Crippen molar-refractivity contribution in [3.8, 4) is 11.5 Å². The van der Waals surface area contributed by atoms with Gasteiger partial charge in [-0.3, -0.25) is 0 Å². The van der Waals surface area contributed by atoms with E-state index in [-0.39, 0.29) is 4.90 Å². The van der Waals surface area contributed by atoms with Gasteiger partial charge in [0.15, 0.2) is 11.5 Å². The summed E-state index contributed by atoms with van der Waals surface area (Å²) in [6.07, 6.45) is 0. The molecule has 1 N–H and O–H groups in total. The highest BCUT2D eigenvalue weighted by molar-refractivity contribution is 7.89. The molecule has 1 aliphatic rings. The zero-order valence-corrected chi connectivity index (χ0v) is 13.3. The second kappa shape index (κ2) is 6.17. The van der Waals surface area contributed by atoms with E-state index in [1.165, 1.54) is 12.1 Å². The van der Waals surface area contributed by atoms with E-state index >= 15 is 0 Å². The van der Waals surface area contributed by atoms with Crippen molar-refractivity contribution in [1.82, 2.24) is 4.72 Å². The van der Waals surface area contributed by atoms with Crippen LogP contribution in [-0.4, -0.2) is 21.6 Å². The van der Waals surface area contributed by atoms with Crippen molar-refractivity contribution in [2.24, 2.45) is 0 Å². The molecule has 0 fully saturated rings. The summed E-state index contributed by atoms with van der Waals surface area (Å²) < 4.78 is 51.1. The van der Waals surface area contributed by atoms with Crippen LogP contribution in [0.2, 0.25) is 0 Å². The molecule has 0 bridgehead atoms. The maximum atomic E-state index is 12.9. The molecule has 1 heterocycles. The number of ether oxygens (including phenoxy) is 2. The zero-order valence-electron chi connectivity index (χ0n) is 12.5. The van der Waals surface area contributed by atoms with Gasteiger partial charge < -0.3 is 9.47 Å². The van der Waals surface area contributed by atoms with E-state index in [9.17, 15) is 12.8 Å². The lowest BCUT2D eigenvalue weighted by Gasteiger charge is -2.21. The van der Waals surface area contributed by atoms with E-state index in [2.05, 4.69) is 4.72 Å². The number of nitrogens with one attached hydrogen (secondary N) is 1. The lowest BCUT2D eigenvalue weighted by atomic mass is 10.1. The minimum absolute atomic E-state index is 0.0169. The van der Waals surface area contributed by atoms with Crippen molar-refractivity contribution in [2.45, 2.75) is 17.9 Å². The van der Waals surface area contributed by atoms with E-state index in [0.29, 0.717) is 24.7 Å². The summed E-state index contributed by atoms with van der Waals surface area (Å²) in [5, 5.41) is 0. The van der Waals surface area contributed by atoms with Crippen LogP contribution in [-0.2, 0) is 10.0 Å². The molecule has 5 nitrogen and oxygen atoms in total. The number of benzene rings is 2. The first-order valence-corrected chi connectivity index (χ1v) is 8.61. The highest BCUT2D eigenvalue weighted by Gasteiger charge is 2.20. The first-order chi connectivity index (χ1) is 11.0. The summed E-state index contributed by atoms with van der Waals surface area (Å²) in [4.78, 5) is 0.0169. The van der Waals surface area contributed by atoms with Gasteiger partial charge in [-0.05, 0) is 48.9 Å². The molecule has 23 heavy (non-hydrogen) atoms. The maximum absolute atomic E-state index is 12.9. The van der Waals surface area contributed by atoms with Gasteiger partial charge in [-0.1, -0.05) is 6.07 Å². The molecule has 0 saturated carbocycles. The summed E-state index contributed by atoms with van der Waals surface area (Å²) in [5.74, 6) is 0.763. The zero-order chi connectivity index (χ0) is 16.4. The van der Waals surface area contributed by atoms with Crippen LogP contribution in [0.4, 0.5) is 4.39 Å². The Labute approximate surface area is 134 Å². The molecule has 0 amide bonds. The standard InChI is InChI=1S/C16H16FNO4S/c1-11(12-2-7-15-16(10-12)22-9-8-21-15)18-23(19,20)14-5-3-13(17)4-6-14/h2-7,10-11,18H,8-9H2,1H3. The fourth-order valence-corrected chi connectivity index (χ4v) is 3.54. The van der Waals surface area contributed by atoms with Crippen LogP contribution in [0.25, 0.3) is 0 Å². The van der Waals surface area contributed by atoms with Crippen molar-refractivity contribution in [3.05, 3.63) is 53.8 Å². The third-order valence-electron chi connectivity index (χ3n) is 3.52. The third kappa shape index (κ3) is 3.46. The number of hydrogen-bond donors (Lipinski definition) is 1. The molecule has 1 unspecified atom stereocenters. The second-order valence-corrected chi connectivity index (χ2v) is 6.91. The van der Waals surface area contributed by atoms with Crippen LogP contribution in [0.5, 0.6) is 11.5 Å². The molecule has 7 heteroatoms. The van der Waals surface area contributed by atoms with E-state index in [1.54, 1.807) is 25.1 Å². The molecule has 0 saturated heterocycles. The molecule has 3 rings (SSSR count). The summed E-state index contributed by atoms with van der Waals surface area (Å²) >= 11 is 0. The largest absolute Gasteiger partial charge is 0.486 e. The normalized spacial score (nSPS) is 15.2. The minimum atomic E-state index is -3.73. The number of sulfonamides is 1.